The van der Waals surface area contributed by atoms with Crippen LogP contribution in [0.2, 0.25) is 0 Å². The Morgan fingerprint density at radius 3 is 2.24 bits per heavy atom. The molecule has 1 aliphatic rings. The summed E-state index contributed by atoms with van der Waals surface area (Å²) in [6, 6.07) is 9.53. The van der Waals surface area contributed by atoms with Gasteiger partial charge in [0.2, 0.25) is 0 Å². The molecule has 2 aromatic carbocycles. The lowest BCUT2D eigenvalue weighted by molar-refractivity contribution is 0.414. The van der Waals surface area contributed by atoms with Crippen molar-refractivity contribution >= 4 is 74.6 Å². The summed E-state index contributed by atoms with van der Waals surface area (Å²) < 4.78 is 43.1. The van der Waals surface area contributed by atoms with Crippen LogP contribution in [0.3, 0.4) is 0 Å². The molecule has 1 aromatic heterocycles. The van der Waals surface area contributed by atoms with Crippen LogP contribution in [0.5, 0.6) is 11.5 Å². The van der Waals surface area contributed by atoms with E-state index in [9.17, 15) is 8.63 Å². The molecule has 9 heteroatoms. The Balaban J connectivity index is 2.24. The van der Waals surface area contributed by atoms with Crippen LogP contribution in [0.15, 0.2) is 50.2 Å². The van der Waals surface area contributed by atoms with Crippen molar-refractivity contribution in [2.75, 3.05) is 14.2 Å². The van der Waals surface area contributed by atoms with Gasteiger partial charge >= 0.3 is 7.40 Å². The van der Waals surface area contributed by atoms with Crippen LogP contribution in [-0.4, -0.2) is 31.8 Å². The maximum absolute atomic E-state index is 14.5. The average molecular weight is 686 g/mol. The van der Waals surface area contributed by atoms with Crippen LogP contribution >= 0.6 is 45.2 Å². The second-order valence-corrected chi connectivity index (χ2v) is 10.3. The largest absolute Gasteiger partial charge is 0.677 e. The van der Waals surface area contributed by atoms with Crippen LogP contribution in [-0.2, 0) is 0 Å². The number of aromatic nitrogens is 1. The molecule has 0 saturated heterocycles. The first kappa shape index (κ1) is 25.2. The molecule has 0 spiro atoms. The van der Waals surface area contributed by atoms with Crippen LogP contribution in [0, 0.1) is 17.4 Å². The molecule has 0 N–H and O–H groups in total. The lowest BCUT2D eigenvalue weighted by Crippen LogP contribution is -2.18. The first-order valence-corrected chi connectivity index (χ1v) is 12.7. The molecule has 1 aliphatic heterocycles. The van der Waals surface area contributed by atoms with Crippen LogP contribution in [0.25, 0.3) is 16.3 Å². The quantitative estimate of drug-likeness (QED) is 0.205. The summed E-state index contributed by atoms with van der Waals surface area (Å²) in [6.07, 6.45) is 0. The molecular weight excluding hydrogens is 663 g/mol. The van der Waals surface area contributed by atoms with Gasteiger partial charge in [-0.25, -0.2) is 0 Å². The average Bonchev–Trinajstić information content (AvgIpc) is 3.21. The Labute approximate surface area is 225 Å². The number of allylic oxidation sites excluding steroid dienone is 2. The van der Waals surface area contributed by atoms with Crippen molar-refractivity contribution in [3.05, 3.63) is 71.3 Å². The molecule has 34 heavy (non-hydrogen) atoms. The van der Waals surface area contributed by atoms with E-state index < -0.39 is 7.40 Å². The number of aliphatic imine (C=N–C) groups is 1. The summed E-state index contributed by atoms with van der Waals surface area (Å²) in [6.45, 7) is 7.56. The summed E-state index contributed by atoms with van der Waals surface area (Å²) in [5.74, 6) is 1.37. The Kier molecular flexibility index (Phi) is 7.15. The highest BCUT2D eigenvalue weighted by Crippen LogP contribution is 2.44. The minimum Gasteiger partial charge on any atom is -0.497 e. The number of nitrogens with zero attached hydrogens (tertiary/aromatic N) is 2. The molecule has 3 aromatic rings. The van der Waals surface area contributed by atoms with Crippen LogP contribution < -0.4 is 9.47 Å². The normalized spacial score (nSPS) is 15.2. The Morgan fingerprint density at radius 2 is 1.68 bits per heavy atom. The summed E-state index contributed by atoms with van der Waals surface area (Å²) >= 11 is 4.43. The van der Waals surface area contributed by atoms with Gasteiger partial charge in [-0.2, -0.15) is 0 Å². The first-order chi connectivity index (χ1) is 16.1. The van der Waals surface area contributed by atoms with Gasteiger partial charge in [0.25, 0.3) is 0 Å². The van der Waals surface area contributed by atoms with E-state index in [1.807, 2.05) is 51.1 Å². The summed E-state index contributed by atoms with van der Waals surface area (Å²) in [4.78, 5) is 4.87. The van der Waals surface area contributed by atoms with E-state index in [0.29, 0.717) is 34.2 Å². The third kappa shape index (κ3) is 3.98. The maximum atomic E-state index is 14.5. The number of methoxy groups -OCH3 is 2. The molecule has 0 bridgehead atoms. The van der Waals surface area contributed by atoms with Crippen molar-refractivity contribution < 1.29 is 18.1 Å². The highest BCUT2D eigenvalue weighted by molar-refractivity contribution is 14.1. The molecule has 4 rings (SSSR count). The molecule has 4 nitrogen and oxygen atoms in total. The third-order valence-corrected chi connectivity index (χ3v) is 9.41. The van der Waals surface area contributed by atoms with Crippen molar-refractivity contribution in [2.45, 2.75) is 27.7 Å². The molecule has 0 unspecified atom stereocenters. The SMILES string of the molecule is COc1ccc2c(OC)ccc(/C(=C3/N=C(C)C(I)=C3C)c3c(C)c(I)c(C)n3B(F)F)c2c1. The molecule has 0 aliphatic carbocycles. The van der Waals surface area contributed by atoms with Gasteiger partial charge in [-0.05, 0) is 125 Å². The van der Waals surface area contributed by atoms with Gasteiger partial charge in [-0.3, -0.25) is 13.6 Å². The van der Waals surface area contributed by atoms with Gasteiger partial charge in [-0.1, -0.05) is 0 Å². The maximum Gasteiger partial charge on any atom is 0.677 e. The standard InChI is InChI=1S/C25H23BF2I2N2O2/c1-12-22(29)14(3)31-24(12)21(25-13(2)23(30)15(4)32(25)26(27)28)18-9-10-20(34-6)17-8-7-16(33-5)11-19(17)18/h7-11H,1-6H3/b24-21-. The number of hydrogen-bond donors (Lipinski definition) is 0. The highest BCUT2D eigenvalue weighted by Gasteiger charge is 2.33. The number of halogens is 4. The van der Waals surface area contributed by atoms with Crippen molar-refractivity contribution in [3.63, 3.8) is 0 Å². The third-order valence-electron chi connectivity index (χ3n) is 6.23. The number of fused-ring (bicyclic) bond motifs is 1. The fourth-order valence-electron chi connectivity index (χ4n) is 4.49. The molecule has 0 amide bonds. The monoisotopic (exact) mass is 686 g/mol. The van der Waals surface area contributed by atoms with E-state index in [1.165, 1.54) is 0 Å². The van der Waals surface area contributed by atoms with E-state index >= 15 is 0 Å². The summed E-state index contributed by atoms with van der Waals surface area (Å²) in [7, 11) is 0.537. The number of ether oxygens (including phenoxy) is 2. The van der Waals surface area contributed by atoms with E-state index in [4.69, 9.17) is 14.5 Å². The fourth-order valence-corrected chi connectivity index (χ4v) is 5.38. The van der Waals surface area contributed by atoms with Gasteiger partial charge in [0.1, 0.15) is 11.5 Å². The topological polar surface area (TPSA) is 35.8 Å². The van der Waals surface area contributed by atoms with Crippen LogP contribution in [0.4, 0.5) is 8.63 Å². The highest BCUT2D eigenvalue weighted by atomic mass is 127. The second kappa shape index (κ2) is 9.64. The predicted molar refractivity (Wildman–Crippen MR) is 153 cm³/mol. The molecule has 0 saturated carbocycles. The molecule has 0 radical (unpaired) electrons. The van der Waals surface area contributed by atoms with Gasteiger partial charge in [0.05, 0.1) is 25.6 Å². The van der Waals surface area contributed by atoms with Crippen molar-refractivity contribution in [3.8, 4) is 11.5 Å². The smallest absolute Gasteiger partial charge is 0.497 e. The molecule has 176 valence electrons. The van der Waals surface area contributed by atoms with E-state index in [-0.39, 0.29) is 0 Å². The van der Waals surface area contributed by atoms with Gasteiger partial charge in [0.15, 0.2) is 0 Å². The van der Waals surface area contributed by atoms with Gasteiger partial charge in [0, 0.05) is 29.5 Å². The Hall–Kier alpha value is -1.89. The Morgan fingerprint density at radius 1 is 0.971 bits per heavy atom. The minimum atomic E-state index is -2.69. The first-order valence-electron chi connectivity index (χ1n) is 10.6. The summed E-state index contributed by atoms with van der Waals surface area (Å²) in [5, 5.41) is 1.71. The zero-order valence-corrected chi connectivity index (χ0v) is 24.0. The number of rotatable bonds is 5. The van der Waals surface area contributed by atoms with Crippen molar-refractivity contribution in [1.29, 1.82) is 0 Å². The lowest BCUT2D eigenvalue weighted by atomic mass is 9.90. The summed E-state index contributed by atoms with van der Waals surface area (Å²) in [5.41, 5.74) is 5.83. The molecular formula is C25H23BF2I2N2O2. The van der Waals surface area contributed by atoms with E-state index in [1.54, 1.807) is 21.1 Å². The molecule has 2 heterocycles. The molecule has 0 atom stereocenters. The van der Waals surface area contributed by atoms with Crippen molar-refractivity contribution in [1.82, 2.24) is 4.48 Å². The van der Waals surface area contributed by atoms with Gasteiger partial charge in [-0.15, -0.1) is 0 Å². The molecule has 0 fully saturated rings. The zero-order chi connectivity index (χ0) is 24.9. The van der Waals surface area contributed by atoms with Gasteiger partial charge < -0.3 is 14.0 Å². The lowest BCUT2D eigenvalue weighted by Gasteiger charge is -2.19. The predicted octanol–water partition coefficient (Wildman–Crippen LogP) is 7.59. The Bertz CT molecular complexity index is 1420. The minimum absolute atomic E-state index is 0.475. The zero-order valence-electron chi connectivity index (χ0n) is 19.7. The van der Waals surface area contributed by atoms with Crippen LogP contribution in [0.1, 0.15) is 36.4 Å². The second-order valence-electron chi connectivity index (χ2n) is 8.11. The van der Waals surface area contributed by atoms with E-state index in [2.05, 4.69) is 45.2 Å². The number of benzene rings is 2. The van der Waals surface area contributed by atoms with Crippen molar-refractivity contribution in [2.24, 2.45) is 4.99 Å². The van der Waals surface area contributed by atoms with E-state index in [0.717, 1.165) is 44.8 Å². The fraction of sp³-hybridized carbons (Fsp3) is 0.240. The number of hydrogen-bond acceptors (Lipinski definition) is 3.